The van der Waals surface area contributed by atoms with E-state index in [4.69, 9.17) is 21.6 Å². The number of halogens is 1. The third-order valence-electron chi connectivity index (χ3n) is 8.63. The molecule has 2 aliphatic carbocycles. The smallest absolute Gasteiger partial charge is 0.163 e. The van der Waals surface area contributed by atoms with Crippen molar-refractivity contribution in [1.29, 1.82) is 0 Å². The van der Waals surface area contributed by atoms with Crippen molar-refractivity contribution >= 4 is 39.4 Å². The molecule has 1 aliphatic heterocycles. The van der Waals surface area contributed by atoms with Crippen molar-refractivity contribution < 1.29 is 0 Å². The van der Waals surface area contributed by atoms with Crippen LogP contribution in [0.2, 0.25) is 5.02 Å². The van der Waals surface area contributed by atoms with Crippen molar-refractivity contribution in [1.82, 2.24) is 30.2 Å². The molecule has 0 spiro atoms. The first-order valence-corrected chi connectivity index (χ1v) is 14.0. The largest absolute Gasteiger partial charge is 0.366 e. The summed E-state index contributed by atoms with van der Waals surface area (Å²) in [4.78, 5) is 23.0. The lowest BCUT2D eigenvalue weighted by Gasteiger charge is -2.32. The van der Waals surface area contributed by atoms with Gasteiger partial charge >= 0.3 is 0 Å². The Kier molecular flexibility index (Phi) is 5.17. The lowest BCUT2D eigenvalue weighted by molar-refractivity contribution is 0.342. The van der Waals surface area contributed by atoms with Crippen LogP contribution in [-0.2, 0) is 0 Å². The van der Waals surface area contributed by atoms with Crippen molar-refractivity contribution in [2.24, 2.45) is 11.8 Å². The quantitative estimate of drug-likeness (QED) is 0.256. The minimum Gasteiger partial charge on any atom is -0.366 e. The molecule has 1 aromatic carbocycles. The van der Waals surface area contributed by atoms with Crippen LogP contribution in [0.15, 0.2) is 55.0 Å². The highest BCUT2D eigenvalue weighted by molar-refractivity contribution is 6.33. The molecule has 0 radical (unpaired) electrons. The Hall–Kier alpha value is -3.55. The molecular weight excluding hydrogens is 494 g/mol. The summed E-state index contributed by atoms with van der Waals surface area (Å²) in [5.41, 5.74) is 5.78. The van der Waals surface area contributed by atoms with E-state index in [0.717, 1.165) is 57.7 Å². The predicted octanol–water partition coefficient (Wildman–Crippen LogP) is 6.18. The number of aromatic nitrogens is 5. The maximum absolute atomic E-state index is 6.51. The van der Waals surface area contributed by atoms with Gasteiger partial charge in [0.1, 0.15) is 11.5 Å². The van der Waals surface area contributed by atoms with E-state index in [1.165, 1.54) is 31.2 Å². The fourth-order valence-corrected chi connectivity index (χ4v) is 6.80. The second-order valence-corrected chi connectivity index (χ2v) is 11.4. The van der Waals surface area contributed by atoms with Crippen LogP contribution >= 0.6 is 11.6 Å². The van der Waals surface area contributed by atoms with Crippen LogP contribution in [0.3, 0.4) is 0 Å². The molecule has 0 amide bonds. The third kappa shape index (κ3) is 3.68. The Morgan fingerprint density at radius 1 is 0.921 bits per heavy atom. The maximum Gasteiger partial charge on any atom is 0.163 e. The van der Waals surface area contributed by atoms with Crippen molar-refractivity contribution in [3.8, 4) is 22.6 Å². The van der Waals surface area contributed by atoms with Crippen molar-refractivity contribution in [2.75, 3.05) is 18.4 Å². The van der Waals surface area contributed by atoms with E-state index in [-0.39, 0.29) is 0 Å². The zero-order valence-corrected chi connectivity index (χ0v) is 21.7. The van der Waals surface area contributed by atoms with E-state index >= 15 is 0 Å². The average Bonchev–Trinajstić information content (AvgIpc) is 3.66. The molecule has 2 bridgehead atoms. The van der Waals surface area contributed by atoms with Gasteiger partial charge in [-0.25, -0.2) is 15.0 Å². The molecule has 3 aliphatic rings. The summed E-state index contributed by atoms with van der Waals surface area (Å²) < 4.78 is 0. The van der Waals surface area contributed by atoms with Gasteiger partial charge in [0.2, 0.25) is 0 Å². The van der Waals surface area contributed by atoms with Gasteiger partial charge in [-0.3, -0.25) is 4.98 Å². The van der Waals surface area contributed by atoms with Crippen molar-refractivity contribution in [3.05, 3.63) is 65.6 Å². The fraction of sp³-hybridized carbons (Fsp3) is 0.333. The van der Waals surface area contributed by atoms with Crippen LogP contribution in [0, 0.1) is 11.8 Å². The number of nitrogens with one attached hydrogen (secondary N) is 3. The van der Waals surface area contributed by atoms with Gasteiger partial charge in [-0.1, -0.05) is 29.8 Å². The molecule has 8 rings (SSSR count). The summed E-state index contributed by atoms with van der Waals surface area (Å²) in [6, 6.07) is 12.4. The number of nitrogens with zero attached hydrogens (tertiary/aromatic N) is 4. The first-order chi connectivity index (χ1) is 18.7. The highest BCUT2D eigenvalue weighted by Crippen LogP contribution is 2.45. The molecule has 7 nitrogen and oxygen atoms in total. The van der Waals surface area contributed by atoms with E-state index < -0.39 is 0 Å². The molecule has 0 unspecified atom stereocenters. The average molecular weight is 522 g/mol. The van der Waals surface area contributed by atoms with E-state index in [0.29, 0.717) is 34.6 Å². The van der Waals surface area contributed by atoms with Crippen LogP contribution < -0.4 is 10.6 Å². The van der Waals surface area contributed by atoms with Crippen LogP contribution in [0.25, 0.3) is 44.6 Å². The summed E-state index contributed by atoms with van der Waals surface area (Å²) in [6.45, 7) is 2.14. The van der Waals surface area contributed by atoms with Crippen LogP contribution in [0.5, 0.6) is 0 Å². The van der Waals surface area contributed by atoms with Gasteiger partial charge in [0.05, 0.1) is 11.7 Å². The number of hydrogen-bond acceptors (Lipinski definition) is 6. The molecule has 3 N–H and O–H groups in total. The highest BCUT2D eigenvalue weighted by atomic mass is 35.5. The van der Waals surface area contributed by atoms with Gasteiger partial charge in [0, 0.05) is 51.1 Å². The SMILES string of the molecule is Clc1ccccc1-c1cc2c(-c3nc(N[C@@H]4[C@@H]5CC[C@H]4CNC5)c4c(C5CC5)cncc4n3)ccnc2[nH]1. The van der Waals surface area contributed by atoms with Crippen LogP contribution in [0.4, 0.5) is 5.82 Å². The predicted molar refractivity (Wildman–Crippen MR) is 151 cm³/mol. The van der Waals surface area contributed by atoms with E-state index in [9.17, 15) is 0 Å². The molecule has 5 heterocycles. The first kappa shape index (κ1) is 22.4. The second-order valence-electron chi connectivity index (χ2n) is 11.0. The van der Waals surface area contributed by atoms with Gasteiger partial charge in [-0.05, 0) is 80.3 Å². The number of anilines is 1. The number of fused-ring (bicyclic) bond motifs is 4. The minimum absolute atomic E-state index is 0.430. The number of aromatic amines is 1. The summed E-state index contributed by atoms with van der Waals surface area (Å²) in [5, 5.41) is 10.4. The van der Waals surface area contributed by atoms with Crippen molar-refractivity contribution in [2.45, 2.75) is 37.6 Å². The molecule has 8 heteroatoms. The zero-order valence-electron chi connectivity index (χ0n) is 20.9. The molecule has 5 aromatic rings. The lowest BCUT2D eigenvalue weighted by Crippen LogP contribution is -2.45. The van der Waals surface area contributed by atoms with E-state index in [1.54, 1.807) is 0 Å². The summed E-state index contributed by atoms with van der Waals surface area (Å²) in [7, 11) is 0. The van der Waals surface area contributed by atoms with Crippen molar-refractivity contribution in [3.63, 3.8) is 0 Å². The molecule has 38 heavy (non-hydrogen) atoms. The van der Waals surface area contributed by atoms with E-state index in [1.807, 2.05) is 48.9 Å². The molecule has 190 valence electrons. The van der Waals surface area contributed by atoms with Gasteiger partial charge in [-0.15, -0.1) is 0 Å². The second kappa shape index (κ2) is 8.75. The summed E-state index contributed by atoms with van der Waals surface area (Å²) >= 11 is 6.51. The molecule has 1 saturated heterocycles. The Bertz CT molecular complexity index is 1680. The molecule has 4 aromatic heterocycles. The summed E-state index contributed by atoms with van der Waals surface area (Å²) in [6.07, 6.45) is 10.7. The van der Waals surface area contributed by atoms with Gasteiger partial charge in [0.15, 0.2) is 5.82 Å². The Morgan fingerprint density at radius 2 is 1.76 bits per heavy atom. The first-order valence-electron chi connectivity index (χ1n) is 13.6. The number of piperidine rings is 1. The third-order valence-corrected chi connectivity index (χ3v) is 8.96. The molecule has 3 atom stereocenters. The molecule has 3 fully saturated rings. The summed E-state index contributed by atoms with van der Waals surface area (Å²) in [5.74, 6) is 3.45. The minimum atomic E-state index is 0.430. The Labute approximate surface area is 225 Å². The Balaban J connectivity index is 1.29. The monoisotopic (exact) mass is 521 g/mol. The number of H-pyrrole nitrogens is 1. The number of hydrogen-bond donors (Lipinski definition) is 3. The van der Waals surface area contributed by atoms with Gasteiger partial charge in [-0.2, -0.15) is 0 Å². The number of benzene rings is 1. The van der Waals surface area contributed by atoms with Crippen LogP contribution in [-0.4, -0.2) is 44.1 Å². The molecular formula is C30H28ClN7. The zero-order chi connectivity index (χ0) is 25.2. The van der Waals surface area contributed by atoms with Gasteiger partial charge < -0.3 is 15.6 Å². The normalized spacial score (nSPS) is 22.8. The maximum atomic E-state index is 6.51. The lowest BCUT2D eigenvalue weighted by atomic mass is 9.93. The Morgan fingerprint density at radius 3 is 2.58 bits per heavy atom. The standard InChI is InChI=1S/C30H28ClN7/c31-23-4-2-1-3-20(23)24-11-21-19(9-10-34-28(21)35-24)29-36-25-15-33-14-22(16-5-6-16)26(25)30(38-29)37-27-17-7-8-18(27)13-32-12-17/h1-4,9-11,14-18,27,32H,5-8,12-13H2,(H,34,35)(H,36,37,38)/t17-,18+,27-. The number of pyridine rings is 2. The highest BCUT2D eigenvalue weighted by Gasteiger charge is 2.39. The van der Waals surface area contributed by atoms with E-state index in [2.05, 4.69) is 31.7 Å². The van der Waals surface area contributed by atoms with Crippen LogP contribution in [0.1, 0.15) is 37.2 Å². The topological polar surface area (TPSA) is 91.4 Å². The number of rotatable bonds is 5. The fourth-order valence-electron chi connectivity index (χ4n) is 6.56. The molecule has 2 saturated carbocycles. The van der Waals surface area contributed by atoms with Gasteiger partial charge in [0.25, 0.3) is 0 Å².